The molecule has 0 radical (unpaired) electrons. The van der Waals surface area contributed by atoms with E-state index < -0.39 is 0 Å². The molecule has 0 heterocycles. The topological polar surface area (TPSA) is 40.5 Å². The maximum absolute atomic E-state index is 8.87. The Bertz CT molecular complexity index is 212. The normalized spacial score (nSPS) is 9.80. The standard InChI is InChI=1S/C6H5ClO2S/c7-3-1-4(8)5(9)2-6(3)10/h1-2,8-10H. The molecule has 1 rings (SSSR count). The van der Waals surface area contributed by atoms with E-state index in [0.29, 0.717) is 9.92 Å². The van der Waals surface area contributed by atoms with Crippen molar-refractivity contribution in [1.29, 1.82) is 0 Å². The Morgan fingerprint density at radius 3 is 2.20 bits per heavy atom. The molecule has 1 aromatic carbocycles. The number of phenols is 2. The van der Waals surface area contributed by atoms with E-state index in [9.17, 15) is 0 Å². The molecule has 0 unspecified atom stereocenters. The number of halogens is 1. The van der Waals surface area contributed by atoms with E-state index >= 15 is 0 Å². The third kappa shape index (κ3) is 1.30. The van der Waals surface area contributed by atoms with Crippen LogP contribution in [0.5, 0.6) is 11.5 Å². The van der Waals surface area contributed by atoms with Crippen molar-refractivity contribution in [3.8, 4) is 11.5 Å². The van der Waals surface area contributed by atoms with E-state index in [4.69, 9.17) is 21.8 Å². The van der Waals surface area contributed by atoms with Gasteiger partial charge in [0.05, 0.1) is 5.02 Å². The van der Waals surface area contributed by atoms with Crippen LogP contribution in [0.1, 0.15) is 0 Å². The Balaban J connectivity index is 3.28. The summed E-state index contributed by atoms with van der Waals surface area (Å²) in [5, 5.41) is 18.0. The van der Waals surface area contributed by atoms with Crippen LogP contribution in [-0.2, 0) is 0 Å². The number of phenolic OH excluding ortho intramolecular Hbond substituents is 2. The molecule has 0 saturated carbocycles. The van der Waals surface area contributed by atoms with Gasteiger partial charge in [-0.05, 0) is 6.07 Å². The molecule has 0 aromatic heterocycles. The predicted octanol–water partition coefficient (Wildman–Crippen LogP) is 2.04. The molecule has 1 aromatic rings. The van der Waals surface area contributed by atoms with Gasteiger partial charge in [0.2, 0.25) is 0 Å². The average molecular weight is 177 g/mol. The first-order chi connectivity index (χ1) is 4.61. The van der Waals surface area contributed by atoms with E-state index in [1.807, 2.05) is 0 Å². The zero-order valence-corrected chi connectivity index (χ0v) is 6.52. The second-order valence-electron chi connectivity index (χ2n) is 1.79. The lowest BCUT2D eigenvalue weighted by atomic mass is 10.3. The summed E-state index contributed by atoms with van der Waals surface area (Å²) in [5.41, 5.74) is 0. The average Bonchev–Trinajstić information content (AvgIpc) is 1.84. The van der Waals surface area contributed by atoms with Crippen LogP contribution in [0.3, 0.4) is 0 Å². The van der Waals surface area contributed by atoms with Gasteiger partial charge >= 0.3 is 0 Å². The second kappa shape index (κ2) is 2.60. The van der Waals surface area contributed by atoms with Crippen LogP contribution in [0.2, 0.25) is 5.02 Å². The minimum atomic E-state index is -0.234. The van der Waals surface area contributed by atoms with Crippen molar-refractivity contribution in [3.63, 3.8) is 0 Å². The van der Waals surface area contributed by atoms with Gasteiger partial charge in [0, 0.05) is 11.0 Å². The van der Waals surface area contributed by atoms with Crippen LogP contribution in [0.25, 0.3) is 0 Å². The van der Waals surface area contributed by atoms with Gasteiger partial charge in [0.15, 0.2) is 11.5 Å². The fourth-order valence-corrected chi connectivity index (χ4v) is 0.885. The second-order valence-corrected chi connectivity index (χ2v) is 2.68. The maximum atomic E-state index is 8.87. The zero-order chi connectivity index (χ0) is 7.72. The van der Waals surface area contributed by atoms with Crippen LogP contribution < -0.4 is 0 Å². The highest BCUT2D eigenvalue weighted by Crippen LogP contribution is 2.32. The number of benzene rings is 1. The highest BCUT2D eigenvalue weighted by Gasteiger charge is 2.02. The summed E-state index contributed by atoms with van der Waals surface area (Å²) in [6, 6.07) is 2.51. The van der Waals surface area contributed by atoms with Crippen molar-refractivity contribution in [1.82, 2.24) is 0 Å². The number of hydrogen-bond donors (Lipinski definition) is 3. The summed E-state index contributed by atoms with van der Waals surface area (Å²) in [5.74, 6) is -0.447. The molecule has 0 atom stereocenters. The minimum Gasteiger partial charge on any atom is -0.504 e. The van der Waals surface area contributed by atoms with E-state index in [-0.39, 0.29) is 11.5 Å². The minimum absolute atomic E-state index is 0.214. The van der Waals surface area contributed by atoms with Crippen molar-refractivity contribution in [3.05, 3.63) is 17.2 Å². The smallest absolute Gasteiger partial charge is 0.158 e. The SMILES string of the molecule is Oc1cc(S)c(Cl)cc1O. The van der Waals surface area contributed by atoms with Gasteiger partial charge in [-0.15, -0.1) is 12.6 Å². The van der Waals surface area contributed by atoms with Gasteiger partial charge in [-0.2, -0.15) is 0 Å². The lowest BCUT2D eigenvalue weighted by Crippen LogP contribution is -1.71. The van der Waals surface area contributed by atoms with Crippen LogP contribution in [0.15, 0.2) is 17.0 Å². The first kappa shape index (κ1) is 7.57. The van der Waals surface area contributed by atoms with E-state index in [0.717, 1.165) is 0 Å². The van der Waals surface area contributed by atoms with Gasteiger partial charge in [0.1, 0.15) is 0 Å². The van der Waals surface area contributed by atoms with Crippen molar-refractivity contribution < 1.29 is 10.2 Å². The molecule has 10 heavy (non-hydrogen) atoms. The molecular formula is C6H5ClO2S. The molecule has 2 nitrogen and oxygen atoms in total. The molecule has 0 aliphatic rings. The van der Waals surface area contributed by atoms with Crippen LogP contribution in [0.4, 0.5) is 0 Å². The predicted molar refractivity (Wildman–Crippen MR) is 42.0 cm³/mol. The number of aromatic hydroxyl groups is 2. The molecule has 2 N–H and O–H groups in total. The van der Waals surface area contributed by atoms with Gasteiger partial charge in [-0.25, -0.2) is 0 Å². The fraction of sp³-hybridized carbons (Fsp3) is 0. The Morgan fingerprint density at radius 1 is 1.20 bits per heavy atom. The lowest BCUT2D eigenvalue weighted by Gasteiger charge is -1.99. The molecule has 54 valence electrons. The monoisotopic (exact) mass is 176 g/mol. The highest BCUT2D eigenvalue weighted by atomic mass is 35.5. The molecule has 0 spiro atoms. The lowest BCUT2D eigenvalue weighted by molar-refractivity contribution is 0.402. The number of hydrogen-bond acceptors (Lipinski definition) is 3. The molecule has 4 heteroatoms. The molecule has 0 fully saturated rings. The van der Waals surface area contributed by atoms with Gasteiger partial charge in [-0.1, -0.05) is 11.6 Å². The van der Waals surface area contributed by atoms with E-state index in [2.05, 4.69) is 12.6 Å². The highest BCUT2D eigenvalue weighted by molar-refractivity contribution is 7.80. The summed E-state index contributed by atoms with van der Waals surface area (Å²) < 4.78 is 0. The number of rotatable bonds is 0. The Kier molecular flexibility index (Phi) is 1.97. The summed E-state index contributed by atoms with van der Waals surface area (Å²) in [6.45, 7) is 0. The quantitative estimate of drug-likeness (QED) is 0.418. The van der Waals surface area contributed by atoms with Crippen molar-refractivity contribution in [2.45, 2.75) is 4.90 Å². The first-order valence-electron chi connectivity index (χ1n) is 2.51. The largest absolute Gasteiger partial charge is 0.504 e. The Labute approximate surface area is 68.5 Å². The van der Waals surface area contributed by atoms with Crippen molar-refractivity contribution in [2.24, 2.45) is 0 Å². The zero-order valence-electron chi connectivity index (χ0n) is 4.87. The number of thiol groups is 1. The molecule has 0 saturated heterocycles. The molecule has 0 amide bonds. The molecule has 0 aliphatic carbocycles. The van der Waals surface area contributed by atoms with Gasteiger partial charge in [-0.3, -0.25) is 0 Å². The summed E-state index contributed by atoms with van der Waals surface area (Å²) >= 11 is 9.45. The molecular weight excluding hydrogens is 172 g/mol. The fourth-order valence-electron chi connectivity index (χ4n) is 0.540. The maximum Gasteiger partial charge on any atom is 0.158 e. The van der Waals surface area contributed by atoms with Crippen LogP contribution in [0, 0.1) is 0 Å². The first-order valence-corrected chi connectivity index (χ1v) is 3.34. The van der Waals surface area contributed by atoms with E-state index in [1.54, 1.807) is 0 Å². The van der Waals surface area contributed by atoms with Crippen LogP contribution >= 0.6 is 24.2 Å². The summed E-state index contributed by atoms with van der Waals surface area (Å²) in [4.78, 5) is 0.442. The van der Waals surface area contributed by atoms with Crippen molar-refractivity contribution >= 4 is 24.2 Å². The third-order valence-corrected chi connectivity index (χ3v) is 1.86. The van der Waals surface area contributed by atoms with Crippen LogP contribution in [-0.4, -0.2) is 10.2 Å². The molecule has 0 bridgehead atoms. The Hall–Kier alpha value is -0.540. The summed E-state index contributed by atoms with van der Waals surface area (Å²) in [7, 11) is 0. The molecule has 0 aliphatic heterocycles. The van der Waals surface area contributed by atoms with Gasteiger partial charge in [0.25, 0.3) is 0 Å². The third-order valence-electron chi connectivity index (χ3n) is 1.04. The summed E-state index contributed by atoms with van der Waals surface area (Å²) in [6.07, 6.45) is 0. The Morgan fingerprint density at radius 2 is 1.70 bits per heavy atom. The van der Waals surface area contributed by atoms with Crippen molar-refractivity contribution in [2.75, 3.05) is 0 Å². The van der Waals surface area contributed by atoms with Gasteiger partial charge < -0.3 is 10.2 Å². The van der Waals surface area contributed by atoms with E-state index in [1.165, 1.54) is 12.1 Å².